The van der Waals surface area contributed by atoms with Gasteiger partial charge in [-0.2, -0.15) is 10.2 Å². The van der Waals surface area contributed by atoms with Crippen LogP contribution in [0.3, 0.4) is 0 Å². The van der Waals surface area contributed by atoms with Gasteiger partial charge in [0.25, 0.3) is 0 Å². The van der Waals surface area contributed by atoms with Gasteiger partial charge < -0.3 is 0 Å². The van der Waals surface area contributed by atoms with Crippen molar-refractivity contribution in [2.45, 2.75) is 69.9 Å². The second-order valence-electron chi connectivity index (χ2n) is 5.82. The van der Waals surface area contributed by atoms with Crippen LogP contribution in [-0.4, -0.2) is 12.1 Å². The van der Waals surface area contributed by atoms with Gasteiger partial charge in [-0.05, 0) is 69.6 Å². The van der Waals surface area contributed by atoms with E-state index in [1.165, 1.54) is 57.8 Å². The Morgan fingerprint density at radius 1 is 0.533 bits per heavy atom. The summed E-state index contributed by atoms with van der Waals surface area (Å²) in [5.41, 5.74) is 0. The predicted octanol–water partition coefficient (Wildman–Crippen LogP) is 3.96. The van der Waals surface area contributed by atoms with Crippen LogP contribution >= 0.6 is 0 Å². The molecule has 0 unspecified atom stereocenters. The zero-order chi connectivity index (χ0) is 10.1. The highest BCUT2D eigenvalue weighted by atomic mass is 15.1. The molecule has 6 aliphatic rings. The first kappa shape index (κ1) is 9.80. The number of azo groups is 1. The molecule has 4 heterocycles. The smallest absolute Gasteiger partial charge is 0.0708 e. The maximum Gasteiger partial charge on any atom is 0.0708 e. The highest BCUT2D eigenvalue weighted by Gasteiger charge is 2.28. The number of hydrogen-bond donors (Lipinski definition) is 0. The van der Waals surface area contributed by atoms with Crippen LogP contribution in [0, 0.1) is 11.8 Å². The van der Waals surface area contributed by atoms with Crippen molar-refractivity contribution >= 4 is 0 Å². The van der Waals surface area contributed by atoms with Crippen LogP contribution in [-0.2, 0) is 0 Å². The molecule has 4 aliphatic heterocycles. The molecular weight excluding hydrogens is 184 g/mol. The molecule has 0 aromatic rings. The van der Waals surface area contributed by atoms with Gasteiger partial charge in [0.1, 0.15) is 0 Å². The Hall–Kier alpha value is -0.400. The van der Waals surface area contributed by atoms with E-state index < -0.39 is 0 Å². The summed E-state index contributed by atoms with van der Waals surface area (Å²) in [6, 6.07) is 1.16. The van der Waals surface area contributed by atoms with E-state index >= 15 is 0 Å². The van der Waals surface area contributed by atoms with Gasteiger partial charge in [0.15, 0.2) is 0 Å². The molecule has 2 fully saturated rings. The summed E-state index contributed by atoms with van der Waals surface area (Å²) in [6.45, 7) is 0. The lowest BCUT2D eigenvalue weighted by atomic mass is 9.76. The minimum Gasteiger partial charge on any atom is -0.191 e. The first-order valence-electron chi connectivity index (χ1n) is 6.80. The lowest BCUT2D eigenvalue weighted by Crippen LogP contribution is -2.20. The van der Waals surface area contributed by atoms with Gasteiger partial charge in [0.2, 0.25) is 0 Å². The van der Waals surface area contributed by atoms with Gasteiger partial charge in [-0.15, -0.1) is 0 Å². The standard InChI is InChI=1S/C13H22N2/c1-5-12-6-2-10(1)9-11-3-7-13(8-4-11)15-14-12/h10-13H,1-9H2. The maximum atomic E-state index is 4.58. The second kappa shape index (κ2) is 4.23. The van der Waals surface area contributed by atoms with Crippen LogP contribution in [0.2, 0.25) is 0 Å². The molecule has 0 radical (unpaired) electrons. The van der Waals surface area contributed by atoms with Gasteiger partial charge in [-0.1, -0.05) is 0 Å². The zero-order valence-electron chi connectivity index (χ0n) is 9.57. The van der Waals surface area contributed by atoms with E-state index in [0.717, 1.165) is 11.8 Å². The lowest BCUT2D eigenvalue weighted by molar-refractivity contribution is 0.237. The SMILES string of the molecule is C1CC2CCC1CC1CCC(CC1)N=N2. The highest BCUT2D eigenvalue weighted by molar-refractivity contribution is 4.83. The fourth-order valence-electron chi connectivity index (χ4n) is 3.65. The van der Waals surface area contributed by atoms with Crippen LogP contribution in [0.25, 0.3) is 0 Å². The Kier molecular flexibility index (Phi) is 2.76. The maximum absolute atomic E-state index is 4.58. The Morgan fingerprint density at radius 2 is 0.933 bits per heavy atom. The molecular formula is C13H22N2. The molecule has 15 heavy (non-hydrogen) atoms. The lowest BCUT2D eigenvalue weighted by Gasteiger charge is -2.30. The second-order valence-corrected chi connectivity index (χ2v) is 5.82. The molecule has 2 nitrogen and oxygen atoms in total. The molecule has 0 spiro atoms. The number of rotatable bonds is 0. The van der Waals surface area contributed by atoms with Gasteiger partial charge in [0, 0.05) is 0 Å². The van der Waals surface area contributed by atoms with Crippen molar-refractivity contribution in [1.82, 2.24) is 0 Å². The quantitative estimate of drug-likeness (QED) is 0.573. The van der Waals surface area contributed by atoms with Crippen molar-refractivity contribution < 1.29 is 0 Å². The van der Waals surface area contributed by atoms with Crippen molar-refractivity contribution in [3.05, 3.63) is 0 Å². The third kappa shape index (κ3) is 2.24. The summed E-state index contributed by atoms with van der Waals surface area (Å²) in [6.07, 6.45) is 12.5. The monoisotopic (exact) mass is 206 g/mol. The highest BCUT2D eigenvalue weighted by Crippen LogP contribution is 2.38. The van der Waals surface area contributed by atoms with Gasteiger partial charge in [0.05, 0.1) is 12.1 Å². The third-order valence-electron chi connectivity index (χ3n) is 4.69. The molecule has 0 N–H and O–H groups in total. The molecule has 0 atom stereocenters. The van der Waals surface area contributed by atoms with E-state index in [9.17, 15) is 0 Å². The molecule has 4 bridgehead atoms. The zero-order valence-corrected chi connectivity index (χ0v) is 9.57. The van der Waals surface area contributed by atoms with Gasteiger partial charge in [-0.3, -0.25) is 0 Å². The van der Waals surface area contributed by atoms with E-state index in [1.54, 1.807) is 0 Å². The van der Waals surface area contributed by atoms with Gasteiger partial charge >= 0.3 is 0 Å². The number of hydrogen-bond acceptors (Lipinski definition) is 2. The Labute approximate surface area is 92.5 Å². The van der Waals surface area contributed by atoms with Crippen LogP contribution in [0.15, 0.2) is 10.2 Å². The van der Waals surface area contributed by atoms with Crippen molar-refractivity contribution in [2.75, 3.05) is 0 Å². The van der Waals surface area contributed by atoms with Gasteiger partial charge in [-0.25, -0.2) is 0 Å². The molecule has 0 aromatic carbocycles. The van der Waals surface area contributed by atoms with Crippen molar-refractivity contribution in [1.29, 1.82) is 0 Å². The minimum absolute atomic E-state index is 0.582. The first-order chi connectivity index (χ1) is 7.40. The van der Waals surface area contributed by atoms with Crippen LogP contribution in [0.1, 0.15) is 57.8 Å². The summed E-state index contributed by atoms with van der Waals surface area (Å²) in [5.74, 6) is 2.05. The molecule has 0 aromatic heterocycles. The topological polar surface area (TPSA) is 24.7 Å². The normalized spacial score (nSPS) is 45.3. The Balaban J connectivity index is 1.77. The largest absolute Gasteiger partial charge is 0.191 e. The van der Waals surface area contributed by atoms with Crippen molar-refractivity contribution in [3.63, 3.8) is 0 Å². The first-order valence-corrected chi connectivity index (χ1v) is 6.80. The summed E-state index contributed by atoms with van der Waals surface area (Å²) < 4.78 is 0. The molecule has 0 amide bonds. The van der Waals surface area contributed by atoms with Crippen LogP contribution < -0.4 is 0 Å². The summed E-state index contributed by atoms with van der Waals surface area (Å²) >= 11 is 0. The Morgan fingerprint density at radius 3 is 1.33 bits per heavy atom. The molecule has 0 saturated heterocycles. The molecule has 84 valence electrons. The predicted molar refractivity (Wildman–Crippen MR) is 61.0 cm³/mol. The molecule has 6 rings (SSSR count). The molecule has 2 aliphatic carbocycles. The van der Waals surface area contributed by atoms with Crippen LogP contribution in [0.4, 0.5) is 0 Å². The fourth-order valence-corrected chi connectivity index (χ4v) is 3.65. The average Bonchev–Trinajstić information content (AvgIpc) is 2.39. The third-order valence-corrected chi connectivity index (χ3v) is 4.69. The van der Waals surface area contributed by atoms with E-state index in [2.05, 4.69) is 10.2 Å². The molecule has 2 heteroatoms. The van der Waals surface area contributed by atoms with E-state index in [4.69, 9.17) is 0 Å². The fraction of sp³-hybridized carbons (Fsp3) is 1.00. The van der Waals surface area contributed by atoms with Crippen molar-refractivity contribution in [2.24, 2.45) is 22.1 Å². The number of nitrogens with zero attached hydrogens (tertiary/aromatic N) is 2. The summed E-state index contributed by atoms with van der Waals surface area (Å²) in [7, 11) is 0. The summed E-state index contributed by atoms with van der Waals surface area (Å²) in [4.78, 5) is 0. The Bertz CT molecular complexity index is 209. The van der Waals surface area contributed by atoms with Crippen LogP contribution in [0.5, 0.6) is 0 Å². The average molecular weight is 206 g/mol. The van der Waals surface area contributed by atoms with E-state index in [-0.39, 0.29) is 0 Å². The van der Waals surface area contributed by atoms with E-state index in [0.29, 0.717) is 12.1 Å². The van der Waals surface area contributed by atoms with Crippen molar-refractivity contribution in [3.8, 4) is 0 Å². The van der Waals surface area contributed by atoms with E-state index in [1.807, 2.05) is 0 Å². The molecule has 2 saturated carbocycles. The summed E-state index contributed by atoms with van der Waals surface area (Å²) in [5, 5.41) is 9.17. The minimum atomic E-state index is 0.582.